The van der Waals surface area contributed by atoms with Crippen molar-refractivity contribution in [3.05, 3.63) is 12.2 Å². The van der Waals surface area contributed by atoms with E-state index >= 15 is 0 Å². The number of allylic oxidation sites excluding steroid dienone is 1. The van der Waals surface area contributed by atoms with Gasteiger partial charge in [0.15, 0.2) is 0 Å². The van der Waals surface area contributed by atoms with Crippen molar-refractivity contribution < 1.29 is 4.74 Å². The third-order valence-electron chi connectivity index (χ3n) is 4.53. The fourth-order valence-corrected chi connectivity index (χ4v) is 3.06. The third kappa shape index (κ3) is 5.01. The first-order valence-electron chi connectivity index (χ1n) is 8.41. The topological polar surface area (TPSA) is 69.4 Å². The molecule has 4 atom stereocenters. The van der Waals surface area contributed by atoms with Crippen molar-refractivity contribution in [2.24, 2.45) is 16.7 Å². The number of hydrogen-bond acceptors (Lipinski definition) is 6. The van der Waals surface area contributed by atoms with E-state index in [2.05, 4.69) is 64.9 Å². The lowest BCUT2D eigenvalue weighted by atomic mass is 9.85. The molecule has 1 saturated carbocycles. The Kier molecular flexibility index (Phi) is 6.60. The van der Waals surface area contributed by atoms with E-state index in [1.165, 1.54) is 0 Å². The van der Waals surface area contributed by atoms with E-state index in [0.29, 0.717) is 12.6 Å². The molecule has 0 heterocycles. The first-order valence-corrected chi connectivity index (χ1v) is 8.41. The van der Waals surface area contributed by atoms with Crippen LogP contribution in [0, 0.1) is 28.6 Å². The average Bonchev–Trinajstić information content (AvgIpc) is 3.24. The van der Waals surface area contributed by atoms with E-state index in [1.807, 2.05) is 7.05 Å². The van der Waals surface area contributed by atoms with Gasteiger partial charge in [0, 0.05) is 36.9 Å². The Morgan fingerprint density at radius 1 is 1.35 bits per heavy atom. The molecule has 4 unspecified atom stereocenters. The maximum Gasteiger partial charge on any atom is 0.0961 e. The highest BCUT2D eigenvalue weighted by molar-refractivity contribution is 5.35. The van der Waals surface area contributed by atoms with Gasteiger partial charge in [0.1, 0.15) is 0 Å². The number of hydrazine groups is 2. The second-order valence-corrected chi connectivity index (χ2v) is 6.70. The summed E-state index contributed by atoms with van der Waals surface area (Å²) in [6, 6.07) is 0. The second kappa shape index (κ2) is 8.25. The van der Waals surface area contributed by atoms with Gasteiger partial charge in [0.2, 0.25) is 0 Å². The number of ether oxygens (including phenoxy) is 1. The molecule has 6 nitrogen and oxygen atoms in total. The molecule has 0 aromatic heterocycles. The summed E-state index contributed by atoms with van der Waals surface area (Å²) in [7, 11) is 3.59. The summed E-state index contributed by atoms with van der Waals surface area (Å²) in [6.07, 6.45) is 6.77. The zero-order valence-electron chi connectivity index (χ0n) is 14.8. The molecule has 2 rings (SSSR count). The van der Waals surface area contributed by atoms with Gasteiger partial charge in [-0.1, -0.05) is 30.9 Å². The van der Waals surface area contributed by atoms with E-state index < -0.39 is 0 Å². The summed E-state index contributed by atoms with van der Waals surface area (Å²) in [5, 5.41) is 3.35. The van der Waals surface area contributed by atoms with Crippen LogP contribution in [0.25, 0.3) is 0 Å². The minimum Gasteiger partial charge on any atom is -0.370 e. The fourth-order valence-electron chi connectivity index (χ4n) is 3.06. The SMILES string of the molecule is CCNNC(CC1(C)C#CC2CC2(CNCOC)C=C1)NNC. The van der Waals surface area contributed by atoms with Crippen LogP contribution in [0.1, 0.15) is 26.7 Å². The average molecular weight is 321 g/mol. The first kappa shape index (κ1) is 18.4. The third-order valence-corrected chi connectivity index (χ3v) is 4.53. The highest BCUT2D eigenvalue weighted by Crippen LogP contribution is 2.54. The molecule has 0 aromatic rings. The van der Waals surface area contributed by atoms with E-state index in [9.17, 15) is 0 Å². The summed E-state index contributed by atoms with van der Waals surface area (Å²) >= 11 is 0. The Morgan fingerprint density at radius 3 is 2.87 bits per heavy atom. The van der Waals surface area contributed by atoms with E-state index in [-0.39, 0.29) is 17.0 Å². The van der Waals surface area contributed by atoms with Crippen molar-refractivity contribution >= 4 is 0 Å². The lowest BCUT2D eigenvalue weighted by Gasteiger charge is -2.28. The van der Waals surface area contributed by atoms with E-state index in [4.69, 9.17) is 4.74 Å². The maximum absolute atomic E-state index is 5.08. The molecule has 0 saturated heterocycles. The monoisotopic (exact) mass is 321 g/mol. The quantitative estimate of drug-likeness (QED) is 0.124. The number of nitrogens with one attached hydrogen (secondary N) is 5. The molecule has 0 aromatic carbocycles. The van der Waals surface area contributed by atoms with E-state index in [1.54, 1.807) is 7.11 Å². The zero-order chi connectivity index (χ0) is 16.8. The molecule has 2 aliphatic carbocycles. The summed E-state index contributed by atoms with van der Waals surface area (Å²) in [5.74, 6) is 7.46. The Morgan fingerprint density at radius 2 is 2.17 bits per heavy atom. The molecule has 0 radical (unpaired) electrons. The van der Waals surface area contributed by atoms with Gasteiger partial charge < -0.3 is 4.74 Å². The lowest BCUT2D eigenvalue weighted by Crippen LogP contribution is -2.54. The van der Waals surface area contributed by atoms with Crippen LogP contribution in [-0.4, -0.2) is 40.1 Å². The molecular weight excluding hydrogens is 290 g/mol. The van der Waals surface area contributed by atoms with Crippen molar-refractivity contribution in [2.45, 2.75) is 32.9 Å². The molecule has 5 N–H and O–H groups in total. The Bertz CT molecular complexity index is 471. The minimum atomic E-state index is -0.140. The smallest absolute Gasteiger partial charge is 0.0961 e. The van der Waals surface area contributed by atoms with Crippen LogP contribution >= 0.6 is 0 Å². The zero-order valence-corrected chi connectivity index (χ0v) is 14.8. The van der Waals surface area contributed by atoms with Crippen molar-refractivity contribution in [3.8, 4) is 11.8 Å². The highest BCUT2D eigenvalue weighted by Gasteiger charge is 2.52. The van der Waals surface area contributed by atoms with Gasteiger partial charge in [-0.2, -0.15) is 0 Å². The molecule has 23 heavy (non-hydrogen) atoms. The molecule has 0 amide bonds. The Balaban J connectivity index is 1.98. The lowest BCUT2D eigenvalue weighted by molar-refractivity contribution is 0.171. The van der Waals surface area contributed by atoms with Crippen molar-refractivity contribution in [1.82, 2.24) is 27.0 Å². The van der Waals surface area contributed by atoms with Gasteiger partial charge in [-0.05, 0) is 26.8 Å². The Labute approximate surface area is 140 Å². The molecule has 0 aliphatic heterocycles. The molecule has 0 spiro atoms. The maximum atomic E-state index is 5.08. The summed E-state index contributed by atoms with van der Waals surface area (Å²) in [6.45, 7) is 6.67. The van der Waals surface area contributed by atoms with Gasteiger partial charge in [-0.3, -0.25) is 16.2 Å². The van der Waals surface area contributed by atoms with Gasteiger partial charge in [0.25, 0.3) is 0 Å². The minimum absolute atomic E-state index is 0.0980. The summed E-state index contributed by atoms with van der Waals surface area (Å²) < 4.78 is 5.08. The number of methoxy groups -OCH3 is 1. The number of fused-ring (bicyclic) bond motifs is 1. The molecule has 0 bridgehead atoms. The molecule has 1 fully saturated rings. The standard InChI is InChI=1S/C17H31N5O/c1-5-20-22-15(21-18-3)11-16(2)7-6-14-10-17(14,9-8-16)12-19-13-23-4/h8-9,14-15,18-22H,5,10-13H2,1-4H3. The van der Waals surface area contributed by atoms with Crippen LogP contribution in [0.3, 0.4) is 0 Å². The normalized spacial score (nSPS) is 32.6. The predicted octanol–water partition coefficient (Wildman–Crippen LogP) is 0.320. The highest BCUT2D eigenvalue weighted by atomic mass is 16.5. The summed E-state index contributed by atoms with van der Waals surface area (Å²) in [5.41, 5.74) is 12.7. The van der Waals surface area contributed by atoms with Gasteiger partial charge >= 0.3 is 0 Å². The summed E-state index contributed by atoms with van der Waals surface area (Å²) in [4.78, 5) is 0. The largest absolute Gasteiger partial charge is 0.370 e. The van der Waals surface area contributed by atoms with Crippen LogP contribution in [0.4, 0.5) is 0 Å². The molecule has 2 aliphatic rings. The fraction of sp³-hybridized carbons (Fsp3) is 0.765. The Hall–Kier alpha value is -0.940. The molecule has 130 valence electrons. The molecular formula is C17H31N5O. The van der Waals surface area contributed by atoms with E-state index in [0.717, 1.165) is 25.9 Å². The first-order chi connectivity index (χ1) is 11.1. The van der Waals surface area contributed by atoms with Crippen LogP contribution in [0.2, 0.25) is 0 Å². The van der Waals surface area contributed by atoms with Gasteiger partial charge in [-0.15, -0.1) is 0 Å². The van der Waals surface area contributed by atoms with Crippen molar-refractivity contribution in [1.29, 1.82) is 0 Å². The van der Waals surface area contributed by atoms with Gasteiger partial charge in [-0.25, -0.2) is 10.9 Å². The van der Waals surface area contributed by atoms with Crippen LogP contribution in [-0.2, 0) is 4.74 Å². The number of hydrogen-bond donors (Lipinski definition) is 5. The predicted molar refractivity (Wildman–Crippen MR) is 92.9 cm³/mol. The van der Waals surface area contributed by atoms with Crippen molar-refractivity contribution in [2.75, 3.05) is 34.0 Å². The number of rotatable bonds is 11. The molecule has 6 heteroatoms. The van der Waals surface area contributed by atoms with Crippen LogP contribution in [0.15, 0.2) is 12.2 Å². The van der Waals surface area contributed by atoms with Crippen LogP contribution in [0.5, 0.6) is 0 Å². The second-order valence-electron chi connectivity index (χ2n) is 6.70. The van der Waals surface area contributed by atoms with Gasteiger partial charge in [0.05, 0.1) is 12.9 Å². The van der Waals surface area contributed by atoms with Crippen molar-refractivity contribution in [3.63, 3.8) is 0 Å². The van der Waals surface area contributed by atoms with Crippen LogP contribution < -0.4 is 27.0 Å².